The van der Waals surface area contributed by atoms with Crippen LogP contribution in [0.2, 0.25) is 0 Å². The van der Waals surface area contributed by atoms with Crippen molar-refractivity contribution in [3.63, 3.8) is 0 Å². The van der Waals surface area contributed by atoms with Crippen molar-refractivity contribution in [2.24, 2.45) is 5.16 Å². The Morgan fingerprint density at radius 3 is 2.86 bits per heavy atom. The maximum atomic E-state index is 5.92. The monoisotopic (exact) mass is 193 g/mol. The quantitative estimate of drug-likeness (QED) is 0.587. The van der Waals surface area contributed by atoms with Crippen molar-refractivity contribution in [1.29, 1.82) is 0 Å². The van der Waals surface area contributed by atoms with Crippen molar-refractivity contribution in [3.8, 4) is 0 Å². The fourth-order valence-electron chi connectivity index (χ4n) is 1.19. The van der Waals surface area contributed by atoms with Crippen LogP contribution in [0.4, 0.5) is 5.69 Å². The zero-order valence-electron chi connectivity index (χ0n) is 8.69. The second-order valence-electron chi connectivity index (χ2n) is 3.27. The minimum atomic E-state index is 0.311. The van der Waals surface area contributed by atoms with E-state index in [0.717, 1.165) is 11.3 Å². The second kappa shape index (κ2) is 4.60. The lowest BCUT2D eigenvalue weighted by Crippen LogP contribution is -2.03. The molecule has 2 N–H and O–H groups in total. The summed E-state index contributed by atoms with van der Waals surface area (Å²) in [7, 11) is 1.50. The third-order valence-corrected chi connectivity index (χ3v) is 1.90. The average molecular weight is 193 g/mol. The van der Waals surface area contributed by atoms with E-state index in [1.165, 1.54) is 7.11 Å². The Morgan fingerprint density at radius 2 is 2.29 bits per heavy atom. The van der Waals surface area contributed by atoms with Crippen LogP contribution in [0.15, 0.2) is 17.4 Å². The Morgan fingerprint density at radius 1 is 1.57 bits per heavy atom. The van der Waals surface area contributed by atoms with E-state index in [9.17, 15) is 0 Å². The van der Waals surface area contributed by atoms with Gasteiger partial charge in [-0.2, -0.15) is 0 Å². The summed E-state index contributed by atoms with van der Waals surface area (Å²) in [6, 6.07) is 1.81. The molecular weight excluding hydrogens is 178 g/mol. The third-order valence-electron chi connectivity index (χ3n) is 1.90. The van der Waals surface area contributed by atoms with Gasteiger partial charge in [-0.3, -0.25) is 4.98 Å². The molecule has 14 heavy (non-hydrogen) atoms. The van der Waals surface area contributed by atoms with Gasteiger partial charge in [0, 0.05) is 11.8 Å². The van der Waals surface area contributed by atoms with Crippen LogP contribution in [-0.2, 0) is 4.84 Å². The number of pyridine rings is 1. The molecule has 0 aliphatic carbocycles. The van der Waals surface area contributed by atoms with Crippen molar-refractivity contribution < 1.29 is 4.84 Å². The predicted octanol–water partition coefficient (Wildman–Crippen LogP) is 1.77. The first kappa shape index (κ1) is 10.5. The summed E-state index contributed by atoms with van der Waals surface area (Å²) in [5.41, 5.74) is 8.32. The molecule has 0 atom stereocenters. The van der Waals surface area contributed by atoms with E-state index in [1.807, 2.05) is 6.07 Å². The van der Waals surface area contributed by atoms with E-state index in [2.05, 4.69) is 28.8 Å². The van der Waals surface area contributed by atoms with E-state index >= 15 is 0 Å². The molecular formula is C10H15N3O. The molecule has 0 spiro atoms. The zero-order valence-corrected chi connectivity index (χ0v) is 8.69. The smallest absolute Gasteiger partial charge is 0.106 e. The van der Waals surface area contributed by atoms with Crippen LogP contribution >= 0.6 is 0 Å². The van der Waals surface area contributed by atoms with Crippen LogP contribution in [0, 0.1) is 0 Å². The van der Waals surface area contributed by atoms with Gasteiger partial charge in [0.25, 0.3) is 0 Å². The number of nitrogen functional groups attached to an aromatic ring is 1. The summed E-state index contributed by atoms with van der Waals surface area (Å²) in [5, 5.41) is 3.67. The molecule has 76 valence electrons. The van der Waals surface area contributed by atoms with Gasteiger partial charge < -0.3 is 10.6 Å². The van der Waals surface area contributed by atoms with Gasteiger partial charge in [-0.05, 0) is 12.0 Å². The molecule has 0 amide bonds. The molecule has 0 bridgehead atoms. The van der Waals surface area contributed by atoms with Gasteiger partial charge >= 0.3 is 0 Å². The maximum Gasteiger partial charge on any atom is 0.106 e. The first-order chi connectivity index (χ1) is 6.66. The molecule has 1 rings (SSSR count). The lowest BCUT2D eigenvalue weighted by Gasteiger charge is -2.09. The number of hydrogen-bond donors (Lipinski definition) is 1. The fourth-order valence-corrected chi connectivity index (χ4v) is 1.19. The summed E-state index contributed by atoms with van der Waals surface area (Å²) < 4.78 is 0. The Kier molecular flexibility index (Phi) is 3.45. The number of aromatic nitrogens is 1. The van der Waals surface area contributed by atoms with Crippen molar-refractivity contribution in [3.05, 3.63) is 23.5 Å². The van der Waals surface area contributed by atoms with Crippen LogP contribution in [-0.4, -0.2) is 18.3 Å². The fraction of sp³-hybridized carbons (Fsp3) is 0.400. The van der Waals surface area contributed by atoms with Crippen molar-refractivity contribution >= 4 is 11.9 Å². The zero-order chi connectivity index (χ0) is 10.6. The first-order valence-electron chi connectivity index (χ1n) is 4.47. The van der Waals surface area contributed by atoms with E-state index in [0.29, 0.717) is 11.6 Å². The van der Waals surface area contributed by atoms with Crippen molar-refractivity contribution in [1.82, 2.24) is 4.98 Å². The van der Waals surface area contributed by atoms with Gasteiger partial charge in [0.05, 0.1) is 17.6 Å². The van der Waals surface area contributed by atoms with Gasteiger partial charge in [0.2, 0.25) is 0 Å². The molecule has 0 aromatic carbocycles. The highest BCUT2D eigenvalue weighted by atomic mass is 16.6. The second-order valence-corrected chi connectivity index (χ2v) is 3.27. The standard InChI is InChI=1S/C10H15N3O/c1-7(2)10-9(11)8(4-5-12-10)6-13-14-3/h4-7H,11H2,1-3H3/b13-6+. The highest BCUT2D eigenvalue weighted by Crippen LogP contribution is 2.21. The van der Waals surface area contributed by atoms with Crippen molar-refractivity contribution in [2.75, 3.05) is 12.8 Å². The summed E-state index contributed by atoms with van der Waals surface area (Å²) in [6.07, 6.45) is 3.31. The summed E-state index contributed by atoms with van der Waals surface area (Å²) in [4.78, 5) is 8.81. The number of rotatable bonds is 3. The molecule has 4 heteroatoms. The molecule has 0 unspecified atom stereocenters. The topological polar surface area (TPSA) is 60.5 Å². The molecule has 1 aromatic rings. The minimum Gasteiger partial charge on any atom is -0.399 e. The van der Waals surface area contributed by atoms with Gasteiger partial charge in [-0.1, -0.05) is 19.0 Å². The average Bonchev–Trinajstić information content (AvgIpc) is 2.16. The first-order valence-corrected chi connectivity index (χ1v) is 4.47. The third kappa shape index (κ3) is 2.22. The van der Waals surface area contributed by atoms with E-state index in [1.54, 1.807) is 12.4 Å². The number of oxime groups is 1. The lowest BCUT2D eigenvalue weighted by atomic mass is 10.1. The van der Waals surface area contributed by atoms with Crippen LogP contribution in [0.25, 0.3) is 0 Å². The molecule has 1 heterocycles. The number of nitrogens with zero attached hydrogens (tertiary/aromatic N) is 2. The molecule has 0 aliphatic heterocycles. The highest BCUT2D eigenvalue weighted by Gasteiger charge is 2.07. The number of anilines is 1. The molecule has 4 nitrogen and oxygen atoms in total. The molecule has 0 aliphatic rings. The van der Waals surface area contributed by atoms with Crippen LogP contribution in [0.1, 0.15) is 31.0 Å². The molecule has 1 aromatic heterocycles. The van der Waals surface area contributed by atoms with Crippen LogP contribution in [0.3, 0.4) is 0 Å². The predicted molar refractivity (Wildman–Crippen MR) is 57.3 cm³/mol. The Hall–Kier alpha value is -1.58. The SMILES string of the molecule is CO/N=C/c1ccnc(C(C)C)c1N. The Labute approximate surface area is 83.8 Å². The molecule has 0 fully saturated rings. The normalized spacial score (nSPS) is 11.1. The number of nitrogens with two attached hydrogens (primary N) is 1. The summed E-state index contributed by atoms with van der Waals surface area (Å²) >= 11 is 0. The lowest BCUT2D eigenvalue weighted by molar-refractivity contribution is 0.215. The Bertz CT molecular complexity index is 334. The Balaban J connectivity index is 3.07. The largest absolute Gasteiger partial charge is 0.399 e. The van der Waals surface area contributed by atoms with E-state index < -0.39 is 0 Å². The van der Waals surface area contributed by atoms with E-state index in [4.69, 9.17) is 5.73 Å². The maximum absolute atomic E-state index is 5.92. The summed E-state index contributed by atoms with van der Waals surface area (Å²) in [5.74, 6) is 0.311. The minimum absolute atomic E-state index is 0.311. The van der Waals surface area contributed by atoms with Gasteiger partial charge in [-0.15, -0.1) is 0 Å². The molecule has 0 saturated carbocycles. The van der Waals surface area contributed by atoms with Gasteiger partial charge in [-0.25, -0.2) is 0 Å². The van der Waals surface area contributed by atoms with Crippen molar-refractivity contribution in [2.45, 2.75) is 19.8 Å². The van der Waals surface area contributed by atoms with Gasteiger partial charge in [0.15, 0.2) is 0 Å². The molecule has 0 saturated heterocycles. The van der Waals surface area contributed by atoms with E-state index in [-0.39, 0.29) is 0 Å². The molecule has 0 radical (unpaired) electrons. The van der Waals surface area contributed by atoms with Gasteiger partial charge in [0.1, 0.15) is 7.11 Å². The highest BCUT2D eigenvalue weighted by molar-refractivity contribution is 5.87. The van der Waals surface area contributed by atoms with Crippen LogP contribution in [0.5, 0.6) is 0 Å². The number of hydrogen-bond acceptors (Lipinski definition) is 4. The van der Waals surface area contributed by atoms with Crippen LogP contribution < -0.4 is 5.73 Å². The summed E-state index contributed by atoms with van der Waals surface area (Å²) in [6.45, 7) is 4.10.